The Morgan fingerprint density at radius 2 is 2.00 bits per heavy atom. The fourth-order valence-corrected chi connectivity index (χ4v) is 2.97. The molecule has 4 rings (SSSR count). The second-order valence-electron chi connectivity index (χ2n) is 5.73. The van der Waals surface area contributed by atoms with E-state index in [1.165, 1.54) is 0 Å². The monoisotopic (exact) mass is 337 g/mol. The molecule has 9 nitrogen and oxygen atoms in total. The van der Waals surface area contributed by atoms with Crippen LogP contribution in [0.3, 0.4) is 0 Å². The third-order valence-electron chi connectivity index (χ3n) is 4.20. The van der Waals surface area contributed by atoms with Crippen LogP contribution in [0.1, 0.15) is 11.3 Å². The average Bonchev–Trinajstić information content (AvgIpc) is 3.05. The lowest BCUT2D eigenvalue weighted by molar-refractivity contribution is -0.384. The van der Waals surface area contributed by atoms with E-state index in [0.717, 1.165) is 29.6 Å². The topological polar surface area (TPSA) is 116 Å². The molecule has 9 heteroatoms. The van der Waals surface area contributed by atoms with Crippen LogP contribution in [-0.4, -0.2) is 31.2 Å². The van der Waals surface area contributed by atoms with Crippen LogP contribution in [-0.2, 0) is 13.0 Å². The van der Waals surface area contributed by atoms with Crippen molar-refractivity contribution in [1.82, 2.24) is 19.7 Å². The molecule has 0 aliphatic carbocycles. The molecule has 25 heavy (non-hydrogen) atoms. The Balaban J connectivity index is 1.61. The highest BCUT2D eigenvalue weighted by molar-refractivity contribution is 5.54. The van der Waals surface area contributed by atoms with Gasteiger partial charge in [0.1, 0.15) is 6.20 Å². The van der Waals surface area contributed by atoms with Crippen LogP contribution in [0.15, 0.2) is 42.7 Å². The molecule has 0 bridgehead atoms. The van der Waals surface area contributed by atoms with E-state index in [1.54, 1.807) is 0 Å². The largest absolute Gasteiger partial charge is 0.378 e. The van der Waals surface area contributed by atoms with Crippen molar-refractivity contribution in [2.45, 2.75) is 13.0 Å². The molecule has 0 amide bonds. The van der Waals surface area contributed by atoms with Crippen LogP contribution in [0, 0.1) is 10.1 Å². The third kappa shape index (κ3) is 2.65. The van der Waals surface area contributed by atoms with Gasteiger partial charge in [0, 0.05) is 25.1 Å². The molecule has 0 saturated heterocycles. The number of nitrogen functional groups attached to an aromatic ring is 1. The van der Waals surface area contributed by atoms with Gasteiger partial charge in [-0.15, -0.1) is 0 Å². The van der Waals surface area contributed by atoms with Crippen LogP contribution < -0.4 is 10.6 Å². The van der Waals surface area contributed by atoms with Crippen molar-refractivity contribution in [2.24, 2.45) is 0 Å². The Morgan fingerprint density at radius 3 is 2.72 bits per heavy atom. The van der Waals surface area contributed by atoms with Gasteiger partial charge >= 0.3 is 5.69 Å². The Hall–Kier alpha value is -3.49. The molecule has 3 heterocycles. The number of nitro groups is 1. The molecule has 0 saturated carbocycles. The van der Waals surface area contributed by atoms with Gasteiger partial charge in [0.05, 0.1) is 22.5 Å². The maximum absolute atomic E-state index is 10.8. The summed E-state index contributed by atoms with van der Waals surface area (Å²) in [7, 11) is 0. The molecule has 1 aliphatic heterocycles. The van der Waals surface area contributed by atoms with Crippen LogP contribution in [0.2, 0.25) is 0 Å². The minimum absolute atomic E-state index is 0.124. The zero-order chi connectivity index (χ0) is 17.4. The van der Waals surface area contributed by atoms with Gasteiger partial charge in [-0.25, -0.2) is 9.67 Å². The fourth-order valence-electron chi connectivity index (χ4n) is 2.97. The molecule has 0 spiro atoms. The fraction of sp³-hybridized carbons (Fsp3) is 0.188. The molecule has 126 valence electrons. The quantitative estimate of drug-likeness (QED) is 0.571. The first-order valence-electron chi connectivity index (χ1n) is 7.76. The summed E-state index contributed by atoms with van der Waals surface area (Å²) in [4.78, 5) is 20.4. The van der Waals surface area contributed by atoms with Crippen LogP contribution >= 0.6 is 0 Å². The SMILES string of the molecule is Nc1nc(N2CCc3c(cnn3-c3ccccc3)C2)ncc1[N+](=O)[O-]. The molecular formula is C16H15N7O2. The summed E-state index contributed by atoms with van der Waals surface area (Å²) in [5, 5.41) is 15.3. The number of benzene rings is 1. The number of nitrogens with zero attached hydrogens (tertiary/aromatic N) is 6. The number of anilines is 2. The minimum Gasteiger partial charge on any atom is -0.378 e. The molecule has 1 aromatic carbocycles. The lowest BCUT2D eigenvalue weighted by Gasteiger charge is -2.27. The van der Waals surface area contributed by atoms with Crippen molar-refractivity contribution < 1.29 is 4.92 Å². The highest BCUT2D eigenvalue weighted by atomic mass is 16.6. The third-order valence-corrected chi connectivity index (χ3v) is 4.20. The van der Waals surface area contributed by atoms with E-state index in [-0.39, 0.29) is 11.5 Å². The Labute approximate surface area is 142 Å². The average molecular weight is 337 g/mol. The first kappa shape index (κ1) is 15.1. The number of nitrogens with two attached hydrogens (primary N) is 1. The first-order valence-corrected chi connectivity index (χ1v) is 7.76. The van der Waals surface area contributed by atoms with Gasteiger partial charge in [-0.05, 0) is 12.1 Å². The number of fused-ring (bicyclic) bond motifs is 1. The Kier molecular flexibility index (Phi) is 3.53. The molecule has 3 aromatic rings. The van der Waals surface area contributed by atoms with Gasteiger partial charge in [0.15, 0.2) is 0 Å². The van der Waals surface area contributed by atoms with E-state index < -0.39 is 4.92 Å². The summed E-state index contributed by atoms with van der Waals surface area (Å²) in [5.41, 5.74) is 8.64. The lowest BCUT2D eigenvalue weighted by Crippen LogP contribution is -2.32. The number of hydrogen-bond acceptors (Lipinski definition) is 7. The normalized spacial score (nSPS) is 13.5. The Bertz CT molecular complexity index is 939. The molecule has 0 radical (unpaired) electrons. The van der Waals surface area contributed by atoms with Crippen LogP contribution in [0.25, 0.3) is 5.69 Å². The highest BCUT2D eigenvalue weighted by Crippen LogP contribution is 2.26. The summed E-state index contributed by atoms with van der Waals surface area (Å²) in [6, 6.07) is 9.95. The molecule has 0 unspecified atom stereocenters. The van der Waals surface area contributed by atoms with Crippen molar-refractivity contribution in [3.8, 4) is 5.69 Å². The van der Waals surface area contributed by atoms with Crippen molar-refractivity contribution >= 4 is 17.5 Å². The van der Waals surface area contributed by atoms with E-state index in [1.807, 2.05) is 46.1 Å². The first-order chi connectivity index (χ1) is 12.1. The van der Waals surface area contributed by atoms with Gasteiger partial charge in [-0.1, -0.05) is 18.2 Å². The van der Waals surface area contributed by atoms with E-state index in [4.69, 9.17) is 5.73 Å². The van der Waals surface area contributed by atoms with Crippen molar-refractivity contribution in [3.63, 3.8) is 0 Å². The van der Waals surface area contributed by atoms with Gasteiger partial charge in [-0.3, -0.25) is 10.1 Å². The Morgan fingerprint density at radius 1 is 1.20 bits per heavy atom. The summed E-state index contributed by atoms with van der Waals surface area (Å²) >= 11 is 0. The maximum Gasteiger partial charge on any atom is 0.329 e. The predicted molar refractivity (Wildman–Crippen MR) is 91.4 cm³/mol. The van der Waals surface area contributed by atoms with Gasteiger partial charge < -0.3 is 10.6 Å². The van der Waals surface area contributed by atoms with Crippen molar-refractivity contribution in [2.75, 3.05) is 17.2 Å². The lowest BCUT2D eigenvalue weighted by atomic mass is 10.1. The molecular weight excluding hydrogens is 322 g/mol. The van der Waals surface area contributed by atoms with Crippen molar-refractivity contribution in [3.05, 3.63) is 64.1 Å². The minimum atomic E-state index is -0.586. The zero-order valence-corrected chi connectivity index (χ0v) is 13.2. The molecule has 2 N–H and O–H groups in total. The number of para-hydroxylation sites is 1. The highest BCUT2D eigenvalue weighted by Gasteiger charge is 2.24. The molecule has 0 atom stereocenters. The zero-order valence-electron chi connectivity index (χ0n) is 13.2. The van der Waals surface area contributed by atoms with Crippen LogP contribution in [0.4, 0.5) is 17.5 Å². The predicted octanol–water partition coefficient (Wildman–Crippen LogP) is 1.72. The molecule has 2 aromatic heterocycles. The van der Waals surface area contributed by atoms with Crippen LogP contribution in [0.5, 0.6) is 0 Å². The molecule has 0 fully saturated rings. The second kappa shape index (κ2) is 5.86. The van der Waals surface area contributed by atoms with Crippen molar-refractivity contribution in [1.29, 1.82) is 0 Å². The second-order valence-corrected chi connectivity index (χ2v) is 5.73. The smallest absolute Gasteiger partial charge is 0.329 e. The van der Waals surface area contributed by atoms with E-state index in [2.05, 4.69) is 15.1 Å². The van der Waals surface area contributed by atoms with Gasteiger partial charge in [0.2, 0.25) is 11.8 Å². The van der Waals surface area contributed by atoms with Gasteiger partial charge in [0.25, 0.3) is 0 Å². The number of hydrogen-bond donors (Lipinski definition) is 1. The summed E-state index contributed by atoms with van der Waals surface area (Å²) in [5.74, 6) is 0.266. The van der Waals surface area contributed by atoms with E-state index in [0.29, 0.717) is 19.0 Å². The van der Waals surface area contributed by atoms with Gasteiger partial charge in [-0.2, -0.15) is 10.1 Å². The number of rotatable bonds is 3. The summed E-state index contributed by atoms with van der Waals surface area (Å²) in [6.07, 6.45) is 3.76. The van der Waals surface area contributed by atoms with E-state index in [9.17, 15) is 10.1 Å². The number of aromatic nitrogens is 4. The summed E-state index contributed by atoms with van der Waals surface area (Å²) in [6.45, 7) is 1.27. The summed E-state index contributed by atoms with van der Waals surface area (Å²) < 4.78 is 1.94. The standard InChI is InChI=1S/C16H15N7O2/c17-15-14(23(24)25)9-18-16(20-15)21-7-6-13-11(10-21)8-19-22(13)12-4-2-1-3-5-12/h1-5,8-9H,6-7,10H2,(H2,17,18,20). The molecule has 1 aliphatic rings. The van der Waals surface area contributed by atoms with E-state index >= 15 is 0 Å². The maximum atomic E-state index is 10.8.